The summed E-state index contributed by atoms with van der Waals surface area (Å²) in [6.07, 6.45) is 4.04. The Morgan fingerprint density at radius 1 is 0.833 bits per heavy atom. The van der Waals surface area contributed by atoms with Gasteiger partial charge >= 0.3 is 148 Å². The third-order valence-electron chi connectivity index (χ3n) is 4.39. The van der Waals surface area contributed by atoms with Gasteiger partial charge in [-0.2, -0.15) is 0 Å². The van der Waals surface area contributed by atoms with Gasteiger partial charge in [-0.25, -0.2) is 0 Å². The average molecular weight is 381 g/mol. The van der Waals surface area contributed by atoms with Crippen LogP contribution in [0.2, 0.25) is 0 Å². The van der Waals surface area contributed by atoms with Crippen LogP contribution in [0.1, 0.15) is 31.2 Å². The number of allylic oxidation sites excluding steroid dienone is 1. The molecule has 0 atom stereocenters. The van der Waals surface area contributed by atoms with Crippen molar-refractivity contribution in [2.45, 2.75) is 25.7 Å². The van der Waals surface area contributed by atoms with Crippen molar-refractivity contribution in [1.82, 2.24) is 0 Å². The fraction of sp³-hybridized carbons (Fsp3) is 0.190. The monoisotopic (exact) mass is 382 g/mol. The van der Waals surface area contributed by atoms with Crippen LogP contribution in [0.5, 0.6) is 0 Å². The molecule has 2 aliphatic rings. The molecule has 0 N–H and O–H groups in total. The molecular weight excluding hydrogens is 363 g/mol. The number of hydrogen-bond acceptors (Lipinski definition) is 2. The molecule has 2 nitrogen and oxygen atoms in total. The second-order valence-electron chi connectivity index (χ2n) is 5.99. The second-order valence-corrected chi connectivity index (χ2v) is 8.27. The van der Waals surface area contributed by atoms with E-state index in [1.807, 2.05) is 24.3 Å². The van der Waals surface area contributed by atoms with Crippen molar-refractivity contribution in [3.8, 4) is 0 Å². The van der Waals surface area contributed by atoms with Gasteiger partial charge in [0.2, 0.25) is 0 Å². The molecule has 2 aromatic carbocycles. The Kier molecular flexibility index (Phi) is 4.37. The zero-order valence-corrected chi connectivity index (χ0v) is 15.0. The third-order valence-corrected chi connectivity index (χ3v) is 6.77. The summed E-state index contributed by atoms with van der Waals surface area (Å²) in [6.45, 7) is 0. The molecule has 0 spiro atoms. The van der Waals surface area contributed by atoms with E-state index >= 15 is 0 Å². The molecule has 1 heterocycles. The summed E-state index contributed by atoms with van der Waals surface area (Å²) >= 11 is 0.0954. The van der Waals surface area contributed by atoms with Gasteiger partial charge in [0, 0.05) is 0 Å². The third kappa shape index (κ3) is 2.98. The van der Waals surface area contributed by atoms with Crippen molar-refractivity contribution in [3.05, 3.63) is 83.1 Å². The number of rotatable bonds is 3. The van der Waals surface area contributed by atoms with Gasteiger partial charge in [0.15, 0.2) is 0 Å². The maximum absolute atomic E-state index is 12.3. The summed E-state index contributed by atoms with van der Waals surface area (Å²) < 4.78 is 8.24. The fourth-order valence-electron chi connectivity index (χ4n) is 3.21. The number of carbonyl (C=O) groups is 1. The molecule has 0 fully saturated rings. The van der Waals surface area contributed by atoms with Crippen LogP contribution in [-0.4, -0.2) is 20.9 Å². The first kappa shape index (κ1) is 15.4. The minimum atomic E-state index is -0.128. The summed E-state index contributed by atoms with van der Waals surface area (Å²) in [4.78, 5) is 12.3. The number of ether oxygens (including phenoxy) is 1. The van der Waals surface area contributed by atoms with Crippen molar-refractivity contribution < 1.29 is 9.53 Å². The molecule has 0 unspecified atom stereocenters. The first-order valence-corrected chi connectivity index (χ1v) is 10.0. The topological polar surface area (TPSA) is 26.3 Å². The summed E-state index contributed by atoms with van der Waals surface area (Å²) in [5.74, 6) is 0.710. The number of carbonyl (C=O) groups excluding carboxylic acids is 1. The standard InChI is InChI=1S/C21H18O2Se/c22-21-18-14-8-7-13-17(18)19(23-21)20(15-9-3-1-4-10-15)24-16-11-5-2-6-12-16/h1-6,9-12H,7-8,13-14H2/b20-19+. The summed E-state index contributed by atoms with van der Waals surface area (Å²) in [5, 5.41) is 0. The molecule has 4 rings (SSSR count). The van der Waals surface area contributed by atoms with Gasteiger partial charge < -0.3 is 0 Å². The minimum absolute atomic E-state index is 0.0954. The summed E-state index contributed by atoms with van der Waals surface area (Å²) in [6, 6.07) is 20.8. The van der Waals surface area contributed by atoms with Gasteiger partial charge in [0.25, 0.3) is 0 Å². The molecule has 3 heteroatoms. The van der Waals surface area contributed by atoms with E-state index in [0.717, 1.165) is 48.2 Å². The molecule has 1 aliphatic heterocycles. The van der Waals surface area contributed by atoms with Crippen LogP contribution < -0.4 is 4.46 Å². The van der Waals surface area contributed by atoms with E-state index in [0.29, 0.717) is 0 Å². The van der Waals surface area contributed by atoms with E-state index in [-0.39, 0.29) is 20.9 Å². The molecule has 0 radical (unpaired) electrons. The molecule has 0 aromatic heterocycles. The molecule has 1 aliphatic carbocycles. The summed E-state index contributed by atoms with van der Waals surface area (Å²) in [5.41, 5.74) is 3.22. The van der Waals surface area contributed by atoms with Gasteiger partial charge in [0.1, 0.15) is 0 Å². The Morgan fingerprint density at radius 2 is 1.46 bits per heavy atom. The maximum atomic E-state index is 12.3. The van der Waals surface area contributed by atoms with Crippen LogP contribution in [-0.2, 0) is 9.53 Å². The quantitative estimate of drug-likeness (QED) is 0.597. The molecule has 0 saturated carbocycles. The van der Waals surface area contributed by atoms with E-state index in [9.17, 15) is 4.79 Å². The Bertz CT molecular complexity index is 819. The van der Waals surface area contributed by atoms with Gasteiger partial charge in [0.05, 0.1) is 0 Å². The Balaban J connectivity index is 1.84. The summed E-state index contributed by atoms with van der Waals surface area (Å²) in [7, 11) is 0. The van der Waals surface area contributed by atoms with Gasteiger partial charge in [-0.15, -0.1) is 0 Å². The molecule has 0 amide bonds. The first-order chi connectivity index (χ1) is 11.8. The SMILES string of the molecule is O=C1O/C(=C(/[Se]c2ccccc2)c2ccccc2)C2=C1CCCC2. The molecule has 0 bridgehead atoms. The zero-order chi connectivity index (χ0) is 16.4. The molecule has 0 saturated heterocycles. The fourth-order valence-corrected chi connectivity index (χ4v) is 5.40. The number of hydrogen-bond donors (Lipinski definition) is 0. The average Bonchev–Trinajstić information content (AvgIpc) is 2.98. The van der Waals surface area contributed by atoms with Crippen LogP contribution in [0.4, 0.5) is 0 Å². The Hall–Kier alpha value is -2.09. The Morgan fingerprint density at radius 3 is 2.17 bits per heavy atom. The van der Waals surface area contributed by atoms with Crippen LogP contribution >= 0.6 is 0 Å². The molecular formula is C21H18O2Se. The normalized spacial score (nSPS) is 19.1. The number of benzene rings is 2. The second kappa shape index (κ2) is 6.80. The number of esters is 1. The van der Waals surface area contributed by atoms with Gasteiger partial charge in [-0.1, -0.05) is 0 Å². The molecule has 120 valence electrons. The van der Waals surface area contributed by atoms with Crippen molar-refractivity contribution in [2.75, 3.05) is 0 Å². The van der Waals surface area contributed by atoms with E-state index in [4.69, 9.17) is 4.74 Å². The van der Waals surface area contributed by atoms with Crippen LogP contribution in [0.3, 0.4) is 0 Å². The van der Waals surface area contributed by atoms with Crippen LogP contribution in [0.15, 0.2) is 77.6 Å². The van der Waals surface area contributed by atoms with Crippen molar-refractivity contribution in [3.63, 3.8) is 0 Å². The molecule has 24 heavy (non-hydrogen) atoms. The van der Waals surface area contributed by atoms with E-state index < -0.39 is 0 Å². The van der Waals surface area contributed by atoms with Crippen molar-refractivity contribution >= 4 is 29.9 Å². The predicted octanol–water partition coefficient (Wildman–Crippen LogP) is 3.81. The van der Waals surface area contributed by atoms with Crippen LogP contribution in [0.25, 0.3) is 4.47 Å². The van der Waals surface area contributed by atoms with Crippen molar-refractivity contribution in [1.29, 1.82) is 0 Å². The van der Waals surface area contributed by atoms with E-state index in [1.54, 1.807) is 0 Å². The Labute approximate surface area is 148 Å². The van der Waals surface area contributed by atoms with Crippen molar-refractivity contribution in [2.24, 2.45) is 0 Å². The first-order valence-electron chi connectivity index (χ1n) is 8.30. The van der Waals surface area contributed by atoms with Gasteiger partial charge in [-0.3, -0.25) is 0 Å². The van der Waals surface area contributed by atoms with E-state index in [1.165, 1.54) is 8.93 Å². The zero-order valence-electron chi connectivity index (χ0n) is 13.3. The van der Waals surface area contributed by atoms with Crippen LogP contribution in [0, 0.1) is 0 Å². The van der Waals surface area contributed by atoms with E-state index in [2.05, 4.69) is 36.4 Å². The van der Waals surface area contributed by atoms with Gasteiger partial charge in [-0.05, 0) is 0 Å². The predicted molar refractivity (Wildman–Crippen MR) is 96.8 cm³/mol. The number of cyclic esters (lactones) is 1. The molecule has 2 aromatic rings.